The highest BCUT2D eigenvalue weighted by molar-refractivity contribution is 7.00. The number of fused-ring (bicyclic) bond motifs is 12. The van der Waals surface area contributed by atoms with Crippen molar-refractivity contribution in [2.45, 2.75) is 55.4 Å². The van der Waals surface area contributed by atoms with Gasteiger partial charge in [-0.1, -0.05) is 115 Å². The molecule has 0 bridgehead atoms. The second-order valence-corrected chi connectivity index (χ2v) is 20.5. The number of nitrogens with zero attached hydrogens (tertiary/aromatic N) is 6. The molecule has 4 aromatic heterocycles. The molecular formula is C64H49BN6. The first-order valence-electron chi connectivity index (χ1n) is 25.0. The molecule has 6 nitrogen and oxygen atoms in total. The third kappa shape index (κ3) is 5.07. The lowest BCUT2D eigenvalue weighted by Gasteiger charge is -2.34. The smallest absolute Gasteiger partial charge is 0.252 e. The Morgan fingerprint density at radius 1 is 0.352 bits per heavy atom. The van der Waals surface area contributed by atoms with Crippen LogP contribution in [0, 0.1) is 55.4 Å². The van der Waals surface area contributed by atoms with Gasteiger partial charge in [0.2, 0.25) is 0 Å². The maximum atomic E-state index is 5.98. The number of imidazole rings is 2. The number of hydrogen-bond donors (Lipinski definition) is 0. The first-order valence-corrected chi connectivity index (χ1v) is 25.0. The summed E-state index contributed by atoms with van der Waals surface area (Å²) in [7, 11) is 0. The van der Waals surface area contributed by atoms with Gasteiger partial charge in [0, 0.05) is 44.0 Å². The number of hydrogen-bond acceptors (Lipinski definition) is 2. The van der Waals surface area contributed by atoms with Crippen LogP contribution in [-0.2, 0) is 0 Å². The Kier molecular flexibility index (Phi) is 8.04. The van der Waals surface area contributed by atoms with Crippen molar-refractivity contribution in [3.05, 3.63) is 196 Å². The predicted octanol–water partition coefficient (Wildman–Crippen LogP) is 13.5. The molecule has 0 saturated carbocycles. The first kappa shape index (κ1) is 40.5. The number of aromatic nitrogens is 6. The third-order valence-corrected chi connectivity index (χ3v) is 16.4. The maximum absolute atomic E-state index is 5.98. The minimum atomic E-state index is -0.154. The highest BCUT2D eigenvalue weighted by Gasteiger charge is 2.44. The number of rotatable bonds is 4. The fourth-order valence-electron chi connectivity index (χ4n) is 13.5. The quantitative estimate of drug-likeness (QED) is 0.165. The SMILES string of the molecule is Cc1cccc(C)c1-c1nc2c3c4ccccc4n(-c4c(C)cccc4C)c3cc3c2n1-c1cccc2c1B3c1cc3c(c4ccccc4n3-c3c(C)cccc3C)c3nc(-c4c(C)cccc4C)n-2c13. The van der Waals surface area contributed by atoms with E-state index in [0.717, 1.165) is 34.1 Å². The lowest BCUT2D eigenvalue weighted by Crippen LogP contribution is -2.59. The highest BCUT2D eigenvalue weighted by atomic mass is 15.1. The molecule has 0 aliphatic carbocycles. The van der Waals surface area contributed by atoms with Gasteiger partial charge in [0.25, 0.3) is 6.71 Å². The normalized spacial score (nSPS) is 12.8. The van der Waals surface area contributed by atoms with Gasteiger partial charge in [0.05, 0.1) is 55.5 Å². The monoisotopic (exact) mass is 912 g/mol. The van der Waals surface area contributed by atoms with Gasteiger partial charge in [-0.25, -0.2) is 9.97 Å². The Morgan fingerprint density at radius 3 is 1.10 bits per heavy atom. The van der Waals surface area contributed by atoms with Crippen molar-refractivity contribution in [3.8, 4) is 45.5 Å². The summed E-state index contributed by atoms with van der Waals surface area (Å²) in [6.45, 7) is 17.8. The molecule has 2 aliphatic rings. The molecule has 0 atom stereocenters. The molecule has 6 heterocycles. The molecule has 15 rings (SSSR count). The first-order chi connectivity index (χ1) is 34.6. The summed E-state index contributed by atoms with van der Waals surface area (Å²) in [6, 6.07) is 56.6. The molecule has 0 fully saturated rings. The van der Waals surface area contributed by atoms with E-state index in [1.807, 2.05) is 0 Å². The Hall–Kier alpha value is -8.42. The van der Waals surface area contributed by atoms with Crippen molar-refractivity contribution in [1.29, 1.82) is 0 Å². The molecule has 0 unspecified atom stereocenters. The third-order valence-electron chi connectivity index (χ3n) is 16.4. The van der Waals surface area contributed by atoms with E-state index in [4.69, 9.17) is 9.97 Å². The van der Waals surface area contributed by atoms with E-state index >= 15 is 0 Å². The second kappa shape index (κ2) is 14.1. The number of para-hydroxylation sites is 4. The molecule has 71 heavy (non-hydrogen) atoms. The molecule has 0 amide bonds. The zero-order valence-electron chi connectivity index (χ0n) is 41.2. The van der Waals surface area contributed by atoms with Crippen LogP contribution in [0.1, 0.15) is 44.5 Å². The minimum Gasteiger partial charge on any atom is -0.309 e. The Balaban J connectivity index is 1.20. The summed E-state index contributed by atoms with van der Waals surface area (Å²) in [5.41, 5.74) is 29.8. The standard InChI is InChI=1S/C64H49BN6/c1-34-18-13-19-35(2)52(34)63-66-57-54-42-26-9-11-28-46(42)68(59-38(5)22-15-23-39(59)6)50(54)32-44-61(57)70(63)48-30-17-31-49-56(48)65(44)45-33-51-55(58-62(45)71(49)64(67-58)53-36(3)20-14-21-37(53)4)43-27-10-12-29-47(43)69(51)60-40(7)24-16-25-41(60)8/h9-33H,1-8H3. The lowest BCUT2D eigenvalue weighted by molar-refractivity contribution is 1.07. The Morgan fingerprint density at radius 2 is 0.704 bits per heavy atom. The van der Waals surface area contributed by atoms with Gasteiger partial charge in [0.1, 0.15) is 11.6 Å². The van der Waals surface area contributed by atoms with Gasteiger partial charge >= 0.3 is 0 Å². The average Bonchev–Trinajstić information content (AvgIpc) is 4.11. The van der Waals surface area contributed by atoms with Crippen molar-refractivity contribution in [2.75, 3.05) is 0 Å². The van der Waals surface area contributed by atoms with Crippen molar-refractivity contribution >= 4 is 88.8 Å². The molecule has 2 aliphatic heterocycles. The zero-order chi connectivity index (χ0) is 47.9. The van der Waals surface area contributed by atoms with Crippen LogP contribution in [0.25, 0.3) is 111 Å². The number of aryl methyl sites for hydroxylation is 8. The molecule has 0 saturated heterocycles. The van der Waals surface area contributed by atoms with Gasteiger partial charge in [0.15, 0.2) is 0 Å². The van der Waals surface area contributed by atoms with E-state index in [-0.39, 0.29) is 6.71 Å². The van der Waals surface area contributed by atoms with Crippen LogP contribution < -0.4 is 16.4 Å². The van der Waals surface area contributed by atoms with E-state index in [1.165, 1.54) is 138 Å². The molecule has 7 heteroatoms. The van der Waals surface area contributed by atoms with Crippen LogP contribution in [0.15, 0.2) is 152 Å². The second-order valence-electron chi connectivity index (χ2n) is 20.5. The van der Waals surface area contributed by atoms with E-state index in [2.05, 4.69) is 225 Å². The summed E-state index contributed by atoms with van der Waals surface area (Å²) in [4.78, 5) is 12.0. The summed E-state index contributed by atoms with van der Waals surface area (Å²) in [5, 5.41) is 4.77. The van der Waals surface area contributed by atoms with E-state index in [0.29, 0.717) is 0 Å². The number of benzene rings is 9. The Bertz CT molecular complexity index is 4200. The maximum Gasteiger partial charge on any atom is 0.252 e. The molecule has 0 N–H and O–H groups in total. The van der Waals surface area contributed by atoms with Crippen LogP contribution in [0.4, 0.5) is 0 Å². The van der Waals surface area contributed by atoms with Crippen LogP contribution >= 0.6 is 0 Å². The summed E-state index contributed by atoms with van der Waals surface area (Å²) in [6.07, 6.45) is 0. The summed E-state index contributed by atoms with van der Waals surface area (Å²) in [5.74, 6) is 1.95. The zero-order valence-corrected chi connectivity index (χ0v) is 41.2. The van der Waals surface area contributed by atoms with Gasteiger partial charge < -0.3 is 9.13 Å². The van der Waals surface area contributed by atoms with Crippen molar-refractivity contribution in [2.24, 2.45) is 0 Å². The van der Waals surface area contributed by atoms with Crippen molar-refractivity contribution in [3.63, 3.8) is 0 Å². The van der Waals surface area contributed by atoms with Gasteiger partial charge in [-0.3, -0.25) is 9.13 Å². The van der Waals surface area contributed by atoms with Gasteiger partial charge in [-0.05, 0) is 153 Å². The highest BCUT2D eigenvalue weighted by Crippen LogP contribution is 2.46. The molecule has 338 valence electrons. The van der Waals surface area contributed by atoms with Crippen LogP contribution in [0.3, 0.4) is 0 Å². The van der Waals surface area contributed by atoms with Gasteiger partial charge in [-0.2, -0.15) is 0 Å². The lowest BCUT2D eigenvalue weighted by atomic mass is 9.34. The predicted molar refractivity (Wildman–Crippen MR) is 298 cm³/mol. The van der Waals surface area contributed by atoms with E-state index in [1.54, 1.807) is 0 Å². The van der Waals surface area contributed by atoms with E-state index in [9.17, 15) is 0 Å². The molecule has 9 aromatic carbocycles. The molecule has 0 spiro atoms. The van der Waals surface area contributed by atoms with Crippen LogP contribution in [0.5, 0.6) is 0 Å². The minimum absolute atomic E-state index is 0.154. The topological polar surface area (TPSA) is 45.5 Å². The van der Waals surface area contributed by atoms with Crippen LogP contribution in [0.2, 0.25) is 0 Å². The molecule has 0 radical (unpaired) electrons. The van der Waals surface area contributed by atoms with Crippen molar-refractivity contribution < 1.29 is 0 Å². The molecule has 13 aromatic rings. The Labute approximate surface area is 412 Å². The fraction of sp³-hybridized carbons (Fsp3) is 0.125. The largest absolute Gasteiger partial charge is 0.309 e. The average molecular weight is 913 g/mol. The summed E-state index contributed by atoms with van der Waals surface area (Å²) < 4.78 is 10.1. The van der Waals surface area contributed by atoms with Crippen LogP contribution in [-0.4, -0.2) is 34.9 Å². The summed E-state index contributed by atoms with van der Waals surface area (Å²) >= 11 is 0. The van der Waals surface area contributed by atoms with Crippen molar-refractivity contribution in [1.82, 2.24) is 28.2 Å². The van der Waals surface area contributed by atoms with Gasteiger partial charge in [-0.15, -0.1) is 0 Å². The molecular weight excluding hydrogens is 864 g/mol. The fourth-order valence-corrected chi connectivity index (χ4v) is 13.5. The van der Waals surface area contributed by atoms with E-state index < -0.39 is 0 Å².